The first-order chi connectivity index (χ1) is 14.6. The Labute approximate surface area is 187 Å². The standard InChI is InChI=1S/C25H27ClN2O3/c1-16-8-10-17(11-9-16)21(29)31-28-20-15-25(13-12-24(20,4)23(25,2)3)22(30)27-19-7-5-6-18(26)14-19/h5-11,14H,12-13,15H2,1-4H3,(H,27,30). The summed E-state index contributed by atoms with van der Waals surface area (Å²) in [4.78, 5) is 31.3. The third kappa shape index (κ3) is 3.35. The fraction of sp³-hybridized carbons (Fsp3) is 0.400. The molecular formula is C25H27ClN2O3. The van der Waals surface area contributed by atoms with Crippen LogP contribution in [0.4, 0.5) is 5.69 Å². The molecule has 162 valence electrons. The Bertz CT molecular complexity index is 1080. The predicted octanol–water partition coefficient (Wildman–Crippen LogP) is 6.02. The van der Waals surface area contributed by atoms with Gasteiger partial charge in [0.1, 0.15) is 0 Å². The fourth-order valence-electron chi connectivity index (χ4n) is 5.18. The summed E-state index contributed by atoms with van der Waals surface area (Å²) in [5.41, 5.74) is 1.66. The molecule has 2 saturated carbocycles. The van der Waals surface area contributed by atoms with Gasteiger partial charge in [-0.1, -0.05) is 61.3 Å². The molecule has 2 fully saturated rings. The SMILES string of the molecule is Cc1ccc(C(=O)ON=C2CC3(C(=O)Nc4cccc(Cl)c4)CCC2(C)C3(C)C)cc1. The van der Waals surface area contributed by atoms with Crippen LogP contribution in [0.2, 0.25) is 5.02 Å². The molecule has 6 heteroatoms. The van der Waals surface area contributed by atoms with Crippen LogP contribution in [0.3, 0.4) is 0 Å². The normalized spacial score (nSPS) is 27.3. The Morgan fingerprint density at radius 3 is 2.45 bits per heavy atom. The third-order valence-corrected chi connectivity index (χ3v) is 8.01. The van der Waals surface area contributed by atoms with E-state index in [1.165, 1.54) is 0 Å². The molecule has 2 bridgehead atoms. The van der Waals surface area contributed by atoms with E-state index < -0.39 is 11.4 Å². The van der Waals surface area contributed by atoms with Crippen molar-refractivity contribution in [3.05, 3.63) is 64.7 Å². The van der Waals surface area contributed by atoms with Crippen LogP contribution in [-0.4, -0.2) is 17.6 Å². The van der Waals surface area contributed by atoms with Crippen LogP contribution in [0, 0.1) is 23.2 Å². The largest absolute Gasteiger partial charge is 0.365 e. The average Bonchev–Trinajstić information content (AvgIpc) is 3.03. The van der Waals surface area contributed by atoms with Gasteiger partial charge in [-0.3, -0.25) is 4.79 Å². The van der Waals surface area contributed by atoms with Gasteiger partial charge < -0.3 is 10.2 Å². The molecule has 2 unspecified atom stereocenters. The number of rotatable bonds is 4. The Kier molecular flexibility index (Phi) is 5.21. The van der Waals surface area contributed by atoms with Crippen LogP contribution < -0.4 is 5.32 Å². The molecule has 1 N–H and O–H groups in total. The second-order valence-corrected chi connectivity index (χ2v) is 9.90. The van der Waals surface area contributed by atoms with Crippen LogP contribution in [0.5, 0.6) is 0 Å². The first-order valence-corrected chi connectivity index (χ1v) is 10.9. The molecule has 0 radical (unpaired) electrons. The number of hydrogen-bond acceptors (Lipinski definition) is 4. The van der Waals surface area contributed by atoms with Gasteiger partial charge in [0.2, 0.25) is 5.91 Å². The maximum absolute atomic E-state index is 13.5. The highest BCUT2D eigenvalue weighted by Crippen LogP contribution is 2.71. The molecule has 0 aliphatic heterocycles. The Balaban J connectivity index is 1.58. The number of nitrogens with zero attached hydrogens (tertiary/aromatic N) is 1. The molecule has 0 spiro atoms. The number of benzene rings is 2. The van der Waals surface area contributed by atoms with Gasteiger partial charge in [0.15, 0.2) is 0 Å². The van der Waals surface area contributed by atoms with E-state index >= 15 is 0 Å². The Morgan fingerprint density at radius 1 is 1.06 bits per heavy atom. The number of carbonyl (C=O) groups is 2. The summed E-state index contributed by atoms with van der Waals surface area (Å²) in [6.07, 6.45) is 2.03. The second-order valence-electron chi connectivity index (χ2n) is 9.46. The van der Waals surface area contributed by atoms with Gasteiger partial charge in [-0.2, -0.15) is 0 Å². The summed E-state index contributed by atoms with van der Waals surface area (Å²) in [7, 11) is 0. The van der Waals surface area contributed by atoms with E-state index in [0.29, 0.717) is 22.7 Å². The van der Waals surface area contributed by atoms with Crippen molar-refractivity contribution in [2.45, 2.75) is 47.0 Å². The molecule has 2 aliphatic carbocycles. The molecular weight excluding hydrogens is 412 g/mol. The molecule has 0 aromatic heterocycles. The summed E-state index contributed by atoms with van der Waals surface area (Å²) in [6.45, 7) is 8.30. The van der Waals surface area contributed by atoms with Crippen molar-refractivity contribution in [1.82, 2.24) is 0 Å². The van der Waals surface area contributed by atoms with E-state index in [4.69, 9.17) is 16.4 Å². The van der Waals surface area contributed by atoms with Crippen LogP contribution in [-0.2, 0) is 9.63 Å². The molecule has 2 atom stereocenters. The number of amides is 1. The van der Waals surface area contributed by atoms with Gasteiger partial charge >= 0.3 is 5.97 Å². The lowest BCUT2D eigenvalue weighted by Crippen LogP contribution is -2.43. The number of halogens is 1. The van der Waals surface area contributed by atoms with Gasteiger partial charge in [0, 0.05) is 22.5 Å². The molecule has 4 rings (SSSR count). The summed E-state index contributed by atoms with van der Waals surface area (Å²) in [5.74, 6) is -0.535. The van der Waals surface area contributed by atoms with E-state index in [1.807, 2.05) is 31.2 Å². The van der Waals surface area contributed by atoms with E-state index in [2.05, 4.69) is 31.2 Å². The quantitative estimate of drug-likeness (QED) is 0.469. The molecule has 2 aromatic rings. The smallest absolute Gasteiger partial charge is 0.326 e. The molecule has 0 saturated heterocycles. The molecule has 5 nitrogen and oxygen atoms in total. The second kappa shape index (κ2) is 7.49. The predicted molar refractivity (Wildman–Crippen MR) is 122 cm³/mol. The highest BCUT2D eigenvalue weighted by Gasteiger charge is 2.71. The van der Waals surface area contributed by atoms with Crippen molar-refractivity contribution in [1.29, 1.82) is 0 Å². The van der Waals surface area contributed by atoms with Crippen molar-refractivity contribution in [3.63, 3.8) is 0 Å². The minimum Gasteiger partial charge on any atom is -0.326 e. The van der Waals surface area contributed by atoms with E-state index in [1.54, 1.807) is 24.3 Å². The van der Waals surface area contributed by atoms with Gasteiger partial charge in [-0.05, 0) is 55.5 Å². The number of fused-ring (bicyclic) bond motifs is 2. The molecule has 0 heterocycles. The van der Waals surface area contributed by atoms with E-state index in [9.17, 15) is 9.59 Å². The van der Waals surface area contributed by atoms with Crippen LogP contribution in [0.25, 0.3) is 0 Å². The molecule has 2 aliphatic rings. The number of oxime groups is 1. The third-order valence-electron chi connectivity index (χ3n) is 7.78. The zero-order valence-corrected chi connectivity index (χ0v) is 19.0. The topological polar surface area (TPSA) is 67.8 Å². The van der Waals surface area contributed by atoms with Gasteiger partial charge in [0.25, 0.3) is 0 Å². The Morgan fingerprint density at radius 2 is 1.77 bits per heavy atom. The van der Waals surface area contributed by atoms with Crippen molar-refractivity contribution < 1.29 is 14.4 Å². The maximum Gasteiger partial charge on any atom is 0.365 e. The highest BCUT2D eigenvalue weighted by molar-refractivity contribution is 6.30. The summed E-state index contributed by atoms with van der Waals surface area (Å²) >= 11 is 6.08. The molecule has 2 aromatic carbocycles. The van der Waals surface area contributed by atoms with Crippen LogP contribution in [0.1, 0.15) is 56.0 Å². The van der Waals surface area contributed by atoms with Gasteiger partial charge in [0.05, 0.1) is 16.7 Å². The van der Waals surface area contributed by atoms with Crippen molar-refractivity contribution in [2.24, 2.45) is 21.4 Å². The first-order valence-electron chi connectivity index (χ1n) is 10.5. The molecule has 31 heavy (non-hydrogen) atoms. The number of anilines is 1. The number of nitrogens with one attached hydrogen (secondary N) is 1. The van der Waals surface area contributed by atoms with Crippen molar-refractivity contribution in [2.75, 3.05) is 5.32 Å². The summed E-state index contributed by atoms with van der Waals surface area (Å²) in [5, 5.41) is 7.90. The van der Waals surface area contributed by atoms with Crippen LogP contribution in [0.15, 0.2) is 53.7 Å². The maximum atomic E-state index is 13.5. The van der Waals surface area contributed by atoms with E-state index in [-0.39, 0.29) is 16.7 Å². The van der Waals surface area contributed by atoms with Gasteiger partial charge in [-0.25, -0.2) is 4.79 Å². The number of carbonyl (C=O) groups excluding carboxylic acids is 2. The lowest BCUT2D eigenvalue weighted by Gasteiger charge is -2.39. The van der Waals surface area contributed by atoms with Gasteiger partial charge in [-0.15, -0.1) is 0 Å². The van der Waals surface area contributed by atoms with Crippen molar-refractivity contribution in [3.8, 4) is 0 Å². The number of aryl methyl sites for hydroxylation is 1. The summed E-state index contributed by atoms with van der Waals surface area (Å²) < 4.78 is 0. The molecule has 1 amide bonds. The zero-order chi connectivity index (χ0) is 22.4. The lowest BCUT2D eigenvalue weighted by atomic mass is 9.64. The van der Waals surface area contributed by atoms with Crippen molar-refractivity contribution >= 4 is 34.9 Å². The Hall–Kier alpha value is -2.66. The first kappa shape index (κ1) is 21.6. The number of hydrogen-bond donors (Lipinski definition) is 1. The van der Waals surface area contributed by atoms with E-state index in [0.717, 1.165) is 24.1 Å². The van der Waals surface area contributed by atoms with Crippen LogP contribution >= 0.6 is 11.6 Å². The highest BCUT2D eigenvalue weighted by atomic mass is 35.5. The minimum atomic E-state index is -0.626. The monoisotopic (exact) mass is 438 g/mol. The average molecular weight is 439 g/mol. The lowest BCUT2D eigenvalue weighted by molar-refractivity contribution is -0.130. The zero-order valence-electron chi connectivity index (χ0n) is 18.3. The fourth-order valence-corrected chi connectivity index (χ4v) is 5.37. The summed E-state index contributed by atoms with van der Waals surface area (Å²) in [6, 6.07) is 14.3. The minimum absolute atomic E-state index is 0.0430.